The van der Waals surface area contributed by atoms with Gasteiger partial charge in [0.2, 0.25) is 5.91 Å². The standard InChI is InChI=1S/C22H34ClN5O4/c1-27-7-4-14(5-8-27)25-21(29)13-28-9-6-18(20(12-28)32-3)26-22(30)15-10-16(23)17(24)11-19(15)31-2/h10-11,14,18,20H,4-9,12-13,24H2,1-3H3,(H,25,29)(H,26,30)/t18-,20+/m1/s1. The van der Waals surface area contributed by atoms with E-state index in [1.54, 1.807) is 7.11 Å². The van der Waals surface area contributed by atoms with Crippen LogP contribution in [0.2, 0.25) is 5.02 Å². The minimum absolute atomic E-state index is 0.0399. The van der Waals surface area contributed by atoms with E-state index in [1.165, 1.54) is 19.2 Å². The van der Waals surface area contributed by atoms with Crippen molar-refractivity contribution >= 4 is 29.1 Å². The number of ether oxygens (including phenoxy) is 2. The third-order valence-corrected chi connectivity index (χ3v) is 6.60. The van der Waals surface area contributed by atoms with E-state index in [4.69, 9.17) is 26.8 Å². The Morgan fingerprint density at radius 2 is 1.88 bits per heavy atom. The van der Waals surface area contributed by atoms with Crippen LogP contribution in [0.4, 0.5) is 5.69 Å². The van der Waals surface area contributed by atoms with E-state index in [9.17, 15) is 9.59 Å². The van der Waals surface area contributed by atoms with E-state index in [1.807, 2.05) is 0 Å². The van der Waals surface area contributed by atoms with Gasteiger partial charge in [0.1, 0.15) is 5.75 Å². The molecule has 0 radical (unpaired) electrons. The van der Waals surface area contributed by atoms with Gasteiger partial charge < -0.3 is 30.7 Å². The van der Waals surface area contributed by atoms with Gasteiger partial charge >= 0.3 is 0 Å². The molecule has 0 aliphatic carbocycles. The van der Waals surface area contributed by atoms with Gasteiger partial charge in [-0.15, -0.1) is 0 Å². The number of hydrogen-bond acceptors (Lipinski definition) is 7. The summed E-state index contributed by atoms with van der Waals surface area (Å²) in [6.45, 7) is 3.58. The highest BCUT2D eigenvalue weighted by Gasteiger charge is 2.32. The lowest BCUT2D eigenvalue weighted by Crippen LogP contribution is -2.56. The largest absolute Gasteiger partial charge is 0.496 e. The van der Waals surface area contributed by atoms with Crippen LogP contribution in [-0.4, -0.2) is 93.8 Å². The number of carbonyl (C=O) groups is 2. The fourth-order valence-electron chi connectivity index (χ4n) is 4.32. The smallest absolute Gasteiger partial charge is 0.255 e. The van der Waals surface area contributed by atoms with Crippen molar-refractivity contribution in [2.45, 2.75) is 37.5 Å². The number of carbonyl (C=O) groups excluding carboxylic acids is 2. The number of methoxy groups -OCH3 is 2. The summed E-state index contributed by atoms with van der Waals surface area (Å²) in [5.74, 6) is 0.101. The number of hydrogen-bond donors (Lipinski definition) is 3. The minimum atomic E-state index is -0.302. The lowest BCUT2D eigenvalue weighted by molar-refractivity contribution is -0.124. The average Bonchev–Trinajstić information content (AvgIpc) is 2.77. The zero-order valence-corrected chi connectivity index (χ0v) is 19.8. The summed E-state index contributed by atoms with van der Waals surface area (Å²) in [6.07, 6.45) is 2.39. The van der Waals surface area contributed by atoms with Gasteiger partial charge in [0.15, 0.2) is 0 Å². The zero-order chi connectivity index (χ0) is 23.3. The number of nitrogens with one attached hydrogen (secondary N) is 2. The van der Waals surface area contributed by atoms with Crippen LogP contribution in [0.25, 0.3) is 0 Å². The molecule has 3 rings (SSSR count). The highest BCUT2D eigenvalue weighted by Crippen LogP contribution is 2.29. The van der Waals surface area contributed by atoms with Gasteiger partial charge in [-0.2, -0.15) is 0 Å². The van der Waals surface area contributed by atoms with Crippen LogP contribution >= 0.6 is 11.6 Å². The third kappa shape index (κ3) is 6.25. The van der Waals surface area contributed by atoms with Gasteiger partial charge in [-0.1, -0.05) is 11.6 Å². The second-order valence-corrected chi connectivity index (χ2v) is 9.00. The second kappa shape index (κ2) is 11.2. The van der Waals surface area contributed by atoms with E-state index in [0.717, 1.165) is 25.9 Å². The molecule has 0 unspecified atom stereocenters. The van der Waals surface area contributed by atoms with E-state index < -0.39 is 0 Å². The van der Waals surface area contributed by atoms with Crippen molar-refractivity contribution in [2.24, 2.45) is 0 Å². The number of nitrogens with zero attached hydrogens (tertiary/aromatic N) is 2. The van der Waals surface area contributed by atoms with Crippen molar-refractivity contribution < 1.29 is 19.1 Å². The molecule has 1 aromatic carbocycles. The average molecular weight is 468 g/mol. The minimum Gasteiger partial charge on any atom is -0.496 e. The number of piperidine rings is 2. The molecular formula is C22H34ClN5O4. The summed E-state index contributed by atoms with van der Waals surface area (Å²) < 4.78 is 10.9. The first-order chi connectivity index (χ1) is 15.3. The molecule has 2 atom stereocenters. The molecule has 4 N–H and O–H groups in total. The number of benzene rings is 1. The molecule has 9 nitrogen and oxygen atoms in total. The molecular weight excluding hydrogens is 434 g/mol. The van der Waals surface area contributed by atoms with Crippen molar-refractivity contribution in [1.82, 2.24) is 20.4 Å². The van der Waals surface area contributed by atoms with Crippen LogP contribution in [0.15, 0.2) is 12.1 Å². The van der Waals surface area contributed by atoms with Gasteiger partial charge in [0.05, 0.1) is 42.1 Å². The summed E-state index contributed by atoms with van der Waals surface area (Å²) in [5, 5.41) is 6.47. The number of nitrogen functional groups attached to an aromatic ring is 1. The van der Waals surface area contributed by atoms with E-state index in [0.29, 0.717) is 48.1 Å². The first kappa shape index (κ1) is 24.6. The Morgan fingerprint density at radius 1 is 1.16 bits per heavy atom. The maximum absolute atomic E-state index is 12.9. The summed E-state index contributed by atoms with van der Waals surface area (Å²) in [7, 11) is 5.20. The number of nitrogens with two attached hydrogens (primary N) is 1. The lowest BCUT2D eigenvalue weighted by atomic mass is 10.0. The molecule has 2 aliphatic heterocycles. The van der Waals surface area contributed by atoms with Crippen LogP contribution in [0.3, 0.4) is 0 Å². The molecule has 2 aliphatic rings. The van der Waals surface area contributed by atoms with Gasteiger partial charge in [-0.05, 0) is 45.5 Å². The van der Waals surface area contributed by atoms with Crippen molar-refractivity contribution in [1.29, 1.82) is 0 Å². The van der Waals surface area contributed by atoms with E-state index >= 15 is 0 Å². The van der Waals surface area contributed by atoms with Gasteiger partial charge in [0.25, 0.3) is 5.91 Å². The Balaban J connectivity index is 1.54. The van der Waals surface area contributed by atoms with E-state index in [-0.39, 0.29) is 30.0 Å². The normalized spacial score (nSPS) is 23.0. The monoisotopic (exact) mass is 467 g/mol. The molecule has 10 heteroatoms. The topological polar surface area (TPSA) is 109 Å². The Morgan fingerprint density at radius 3 is 2.53 bits per heavy atom. The Hall–Kier alpha value is -2.07. The molecule has 0 aromatic heterocycles. The molecule has 2 heterocycles. The Labute approximate surface area is 194 Å². The number of likely N-dealkylation sites (tertiary alicyclic amines) is 2. The maximum Gasteiger partial charge on any atom is 0.255 e. The second-order valence-electron chi connectivity index (χ2n) is 8.60. The highest BCUT2D eigenvalue weighted by atomic mass is 35.5. The third-order valence-electron chi connectivity index (χ3n) is 6.28. The van der Waals surface area contributed by atoms with Crippen molar-refractivity contribution in [2.75, 3.05) is 59.7 Å². The number of halogens is 1. The maximum atomic E-state index is 12.9. The summed E-state index contributed by atoms with van der Waals surface area (Å²) in [6, 6.07) is 3.10. The molecule has 2 saturated heterocycles. The zero-order valence-electron chi connectivity index (χ0n) is 19.0. The van der Waals surface area contributed by atoms with Gasteiger partial charge in [-0.3, -0.25) is 14.5 Å². The quantitative estimate of drug-likeness (QED) is 0.512. The SMILES string of the molecule is COc1cc(N)c(Cl)cc1C(=O)N[C@@H]1CCN(CC(=O)NC2CCN(C)CC2)C[C@@H]1OC. The van der Waals surface area contributed by atoms with Crippen LogP contribution in [0, 0.1) is 0 Å². The predicted molar refractivity (Wildman–Crippen MR) is 124 cm³/mol. The van der Waals surface area contributed by atoms with Crippen LogP contribution < -0.4 is 21.1 Å². The number of anilines is 1. The number of amides is 2. The predicted octanol–water partition coefficient (Wildman–Crippen LogP) is 0.960. The fraction of sp³-hybridized carbons (Fsp3) is 0.636. The van der Waals surface area contributed by atoms with Crippen molar-refractivity contribution in [3.63, 3.8) is 0 Å². The summed E-state index contributed by atoms with van der Waals surface area (Å²) in [5.41, 5.74) is 6.48. The first-order valence-corrected chi connectivity index (χ1v) is 11.4. The molecule has 2 fully saturated rings. The molecule has 1 aromatic rings. The van der Waals surface area contributed by atoms with Gasteiger partial charge in [-0.25, -0.2) is 0 Å². The van der Waals surface area contributed by atoms with Crippen LogP contribution in [0.5, 0.6) is 5.75 Å². The van der Waals surface area contributed by atoms with Gasteiger partial charge in [0, 0.05) is 32.3 Å². The van der Waals surface area contributed by atoms with Crippen LogP contribution in [-0.2, 0) is 9.53 Å². The molecule has 178 valence electrons. The molecule has 2 amide bonds. The molecule has 0 saturated carbocycles. The summed E-state index contributed by atoms with van der Waals surface area (Å²) in [4.78, 5) is 29.8. The molecule has 32 heavy (non-hydrogen) atoms. The van der Waals surface area contributed by atoms with Crippen molar-refractivity contribution in [3.8, 4) is 5.75 Å². The van der Waals surface area contributed by atoms with E-state index in [2.05, 4.69) is 27.5 Å². The number of rotatable bonds is 7. The molecule has 0 spiro atoms. The highest BCUT2D eigenvalue weighted by molar-refractivity contribution is 6.33. The summed E-state index contributed by atoms with van der Waals surface area (Å²) >= 11 is 6.10. The first-order valence-electron chi connectivity index (χ1n) is 11.0. The lowest BCUT2D eigenvalue weighted by Gasteiger charge is -2.38. The Kier molecular flexibility index (Phi) is 8.58. The molecule has 0 bridgehead atoms. The fourth-order valence-corrected chi connectivity index (χ4v) is 4.48. The van der Waals surface area contributed by atoms with Crippen LogP contribution in [0.1, 0.15) is 29.6 Å². The Bertz CT molecular complexity index is 816. The van der Waals surface area contributed by atoms with Crippen molar-refractivity contribution in [3.05, 3.63) is 22.7 Å².